The van der Waals surface area contributed by atoms with Crippen molar-refractivity contribution < 1.29 is 4.79 Å². The molecule has 2 aliphatic rings. The number of aromatic nitrogens is 3. The van der Waals surface area contributed by atoms with Crippen LogP contribution in [-0.2, 0) is 20.1 Å². The molecule has 2 aromatic heterocycles. The number of hydrogen-bond donors (Lipinski definition) is 1. The number of rotatable bonds is 3. The monoisotopic (exact) mass is 363 g/mol. The predicted octanol–water partition coefficient (Wildman–Crippen LogP) is 3.44. The fraction of sp³-hybridized carbons (Fsp3) is 0.429. The van der Waals surface area contributed by atoms with Gasteiger partial charge in [0.15, 0.2) is 0 Å². The molecule has 0 saturated heterocycles. The first kappa shape index (κ1) is 16.4. The Kier molecular flexibility index (Phi) is 3.92. The van der Waals surface area contributed by atoms with Crippen LogP contribution in [0, 0.1) is 5.92 Å². The van der Waals surface area contributed by atoms with Crippen molar-refractivity contribution in [3.63, 3.8) is 0 Å². The van der Waals surface area contributed by atoms with E-state index in [4.69, 9.17) is 0 Å². The molecule has 1 aliphatic heterocycles. The van der Waals surface area contributed by atoms with Gasteiger partial charge in [-0.15, -0.1) is 0 Å². The lowest BCUT2D eigenvalue weighted by atomic mass is 10.1. The highest BCUT2D eigenvalue weighted by molar-refractivity contribution is 5.82. The predicted molar refractivity (Wildman–Crippen MR) is 104 cm³/mol. The number of urea groups is 1. The molecular weight excluding hydrogens is 338 g/mol. The van der Waals surface area contributed by atoms with Crippen LogP contribution in [0.25, 0.3) is 10.9 Å². The van der Waals surface area contributed by atoms with Gasteiger partial charge in [-0.1, -0.05) is 18.2 Å². The second-order valence-electron chi connectivity index (χ2n) is 7.78. The van der Waals surface area contributed by atoms with Crippen LogP contribution in [0.2, 0.25) is 0 Å². The minimum atomic E-state index is 0.00612. The van der Waals surface area contributed by atoms with E-state index in [0.717, 1.165) is 38.2 Å². The fourth-order valence-corrected chi connectivity index (χ4v) is 4.25. The van der Waals surface area contributed by atoms with Crippen LogP contribution in [0.4, 0.5) is 4.79 Å². The molecule has 6 heteroatoms. The van der Waals surface area contributed by atoms with Crippen LogP contribution >= 0.6 is 0 Å². The van der Waals surface area contributed by atoms with Gasteiger partial charge in [-0.05, 0) is 42.7 Å². The molecule has 1 aromatic carbocycles. The first-order valence-electron chi connectivity index (χ1n) is 9.80. The number of amides is 2. The zero-order valence-corrected chi connectivity index (χ0v) is 15.6. The Bertz CT molecular complexity index is 984. The van der Waals surface area contributed by atoms with E-state index in [1.807, 2.05) is 22.7 Å². The van der Waals surface area contributed by atoms with Crippen LogP contribution in [0.15, 0.2) is 42.7 Å². The van der Waals surface area contributed by atoms with Crippen LogP contribution in [0.3, 0.4) is 0 Å². The van der Waals surface area contributed by atoms with Crippen molar-refractivity contribution in [3.05, 3.63) is 54.2 Å². The van der Waals surface area contributed by atoms with Gasteiger partial charge in [0, 0.05) is 43.7 Å². The molecule has 2 amide bonds. The average molecular weight is 363 g/mol. The van der Waals surface area contributed by atoms with E-state index in [2.05, 4.69) is 45.2 Å². The van der Waals surface area contributed by atoms with E-state index in [1.165, 1.54) is 16.6 Å². The summed E-state index contributed by atoms with van der Waals surface area (Å²) < 4.78 is 4.38. The third-order valence-corrected chi connectivity index (χ3v) is 5.86. The summed E-state index contributed by atoms with van der Waals surface area (Å²) in [6.07, 6.45) is 7.04. The minimum Gasteiger partial charge on any atom is -0.343 e. The van der Waals surface area contributed by atoms with Gasteiger partial charge >= 0.3 is 6.03 Å². The number of benzene rings is 1. The molecular formula is C21H25N5O. The van der Waals surface area contributed by atoms with Crippen molar-refractivity contribution in [1.29, 1.82) is 0 Å². The fourth-order valence-electron chi connectivity index (χ4n) is 4.25. The molecule has 1 aliphatic carbocycles. The van der Waals surface area contributed by atoms with Crippen molar-refractivity contribution in [2.75, 3.05) is 6.54 Å². The number of imidazole rings is 1. The van der Waals surface area contributed by atoms with E-state index in [1.54, 1.807) is 6.20 Å². The van der Waals surface area contributed by atoms with Crippen LogP contribution in [0.1, 0.15) is 36.8 Å². The topological polar surface area (TPSA) is 55.1 Å². The van der Waals surface area contributed by atoms with Crippen LogP contribution in [-0.4, -0.2) is 31.6 Å². The van der Waals surface area contributed by atoms with Crippen molar-refractivity contribution in [3.8, 4) is 0 Å². The van der Waals surface area contributed by atoms with Crippen molar-refractivity contribution in [2.24, 2.45) is 13.0 Å². The Morgan fingerprint density at radius 1 is 1.26 bits per heavy atom. The minimum absolute atomic E-state index is 0.00612. The molecule has 0 bridgehead atoms. The molecule has 6 nitrogen and oxygen atoms in total. The van der Waals surface area contributed by atoms with E-state index >= 15 is 0 Å². The van der Waals surface area contributed by atoms with Gasteiger partial charge in [0.25, 0.3) is 0 Å². The maximum absolute atomic E-state index is 13.1. The number of nitrogens with zero attached hydrogens (tertiary/aromatic N) is 4. The Morgan fingerprint density at radius 3 is 2.89 bits per heavy atom. The Hall–Kier alpha value is -2.76. The smallest absolute Gasteiger partial charge is 0.318 e. The number of aryl methyl sites for hydroxylation is 2. The van der Waals surface area contributed by atoms with Gasteiger partial charge in [0.05, 0.1) is 12.6 Å². The number of carbonyl (C=O) groups excluding carboxylic acids is 1. The van der Waals surface area contributed by atoms with E-state index < -0.39 is 0 Å². The van der Waals surface area contributed by atoms with Gasteiger partial charge < -0.3 is 19.4 Å². The van der Waals surface area contributed by atoms with E-state index in [0.29, 0.717) is 12.5 Å². The Balaban J connectivity index is 1.37. The molecule has 0 radical (unpaired) electrons. The molecule has 1 saturated carbocycles. The lowest BCUT2D eigenvalue weighted by Crippen LogP contribution is -2.42. The highest BCUT2D eigenvalue weighted by atomic mass is 16.2. The molecule has 27 heavy (non-hydrogen) atoms. The van der Waals surface area contributed by atoms with Crippen molar-refractivity contribution >= 4 is 16.9 Å². The summed E-state index contributed by atoms with van der Waals surface area (Å²) in [4.78, 5) is 19.5. The summed E-state index contributed by atoms with van der Waals surface area (Å²) in [5.41, 5.74) is 2.47. The zero-order valence-electron chi connectivity index (χ0n) is 15.6. The highest BCUT2D eigenvalue weighted by Gasteiger charge is 2.36. The number of carbonyl (C=O) groups is 1. The van der Waals surface area contributed by atoms with Gasteiger partial charge in [-0.25, -0.2) is 9.78 Å². The molecule has 1 atom stereocenters. The quantitative estimate of drug-likeness (QED) is 0.775. The standard InChI is InChI=1S/C21H25N5O/c1-24-12-9-22-20(24)19(15-7-8-15)23-21(27)25-10-4-11-26-17(14-25)13-16-5-2-3-6-18(16)26/h2-3,5-6,9,12-13,15,19H,4,7-8,10-11,14H2,1H3,(H,23,27). The zero-order chi connectivity index (χ0) is 18.4. The van der Waals surface area contributed by atoms with Crippen LogP contribution in [0.5, 0.6) is 0 Å². The third kappa shape index (κ3) is 2.99. The van der Waals surface area contributed by atoms with E-state index in [-0.39, 0.29) is 12.1 Å². The summed E-state index contributed by atoms with van der Waals surface area (Å²) >= 11 is 0. The van der Waals surface area contributed by atoms with Crippen molar-refractivity contribution in [2.45, 2.75) is 38.4 Å². The molecule has 5 rings (SSSR count). The molecule has 0 spiro atoms. The summed E-state index contributed by atoms with van der Waals surface area (Å²) in [7, 11) is 1.99. The number of hydrogen-bond acceptors (Lipinski definition) is 2. The first-order chi connectivity index (χ1) is 13.2. The maximum atomic E-state index is 13.1. The highest BCUT2D eigenvalue weighted by Crippen LogP contribution is 2.40. The number of para-hydroxylation sites is 1. The van der Waals surface area contributed by atoms with E-state index in [9.17, 15) is 4.79 Å². The average Bonchev–Trinajstić information content (AvgIpc) is 3.39. The lowest BCUT2D eigenvalue weighted by molar-refractivity contribution is 0.189. The second kappa shape index (κ2) is 6.44. The van der Waals surface area contributed by atoms with Crippen LogP contribution < -0.4 is 5.32 Å². The molecule has 1 fully saturated rings. The molecule has 1 unspecified atom stereocenters. The number of fused-ring (bicyclic) bond motifs is 3. The van der Waals surface area contributed by atoms with Gasteiger partial charge in [0.1, 0.15) is 5.82 Å². The molecule has 3 aromatic rings. The van der Waals surface area contributed by atoms with Gasteiger partial charge in [0.2, 0.25) is 0 Å². The summed E-state index contributed by atoms with van der Waals surface area (Å²) in [5.74, 6) is 1.46. The summed E-state index contributed by atoms with van der Waals surface area (Å²) in [6, 6.07) is 10.7. The Labute approximate surface area is 158 Å². The largest absolute Gasteiger partial charge is 0.343 e. The SMILES string of the molecule is Cn1ccnc1C(NC(=O)N1CCCn2c(cc3ccccc32)C1)C1CC1. The Morgan fingerprint density at radius 2 is 2.11 bits per heavy atom. The van der Waals surface area contributed by atoms with Gasteiger partial charge in [-0.3, -0.25) is 0 Å². The third-order valence-electron chi connectivity index (χ3n) is 5.86. The summed E-state index contributed by atoms with van der Waals surface area (Å²) in [5, 5.41) is 4.53. The van der Waals surface area contributed by atoms with Gasteiger partial charge in [-0.2, -0.15) is 0 Å². The second-order valence-corrected chi connectivity index (χ2v) is 7.78. The first-order valence-corrected chi connectivity index (χ1v) is 9.80. The van der Waals surface area contributed by atoms with Crippen molar-refractivity contribution in [1.82, 2.24) is 24.3 Å². The molecule has 1 N–H and O–H groups in total. The molecule has 140 valence electrons. The normalized spacial score (nSPS) is 18.2. The number of nitrogens with one attached hydrogen (secondary N) is 1. The summed E-state index contributed by atoms with van der Waals surface area (Å²) in [6.45, 7) is 2.39. The lowest BCUT2D eigenvalue weighted by Gasteiger charge is -2.25. The molecule has 3 heterocycles. The maximum Gasteiger partial charge on any atom is 0.318 e.